The van der Waals surface area contributed by atoms with Gasteiger partial charge in [0.15, 0.2) is 0 Å². The van der Waals surface area contributed by atoms with E-state index in [1.807, 2.05) is 13.0 Å². The maximum Gasteiger partial charge on any atom is 0.265 e. The largest absolute Gasteiger partial charge is 0.495 e. The number of hydrogen-bond acceptors (Lipinski definition) is 4. The predicted octanol–water partition coefficient (Wildman–Crippen LogP) is 2.35. The molecule has 1 amide bonds. The van der Waals surface area contributed by atoms with Crippen molar-refractivity contribution in [2.75, 3.05) is 13.7 Å². The number of aliphatic hydroxyl groups is 1. The molecule has 1 aromatic heterocycles. The highest BCUT2D eigenvalue weighted by molar-refractivity contribution is 7.14. The Morgan fingerprint density at radius 1 is 1.53 bits per heavy atom. The number of rotatable bonds is 4. The van der Waals surface area contributed by atoms with Crippen molar-refractivity contribution in [1.82, 2.24) is 5.32 Å². The van der Waals surface area contributed by atoms with E-state index >= 15 is 0 Å². The molecule has 2 rings (SSSR count). The van der Waals surface area contributed by atoms with Crippen molar-refractivity contribution in [2.24, 2.45) is 5.92 Å². The summed E-state index contributed by atoms with van der Waals surface area (Å²) in [5, 5.41) is 12.8. The number of nitrogens with one attached hydrogen (secondary N) is 1. The van der Waals surface area contributed by atoms with Gasteiger partial charge in [-0.05, 0) is 25.8 Å². The first-order valence-electron chi connectivity index (χ1n) is 6.72. The molecule has 1 aliphatic rings. The first-order chi connectivity index (χ1) is 9.11. The van der Waals surface area contributed by atoms with Gasteiger partial charge in [0.25, 0.3) is 5.91 Å². The molecule has 2 N–H and O–H groups in total. The standard InChI is InChI=1S/C14H21NO3S/c1-9-7-12(18-2)13(19-9)14(17)15-8-10-5-3-4-6-11(10)16/h7,10-11,16H,3-6,8H2,1-2H3,(H,15,17). The van der Waals surface area contributed by atoms with Gasteiger partial charge in [-0.1, -0.05) is 12.8 Å². The molecule has 0 bridgehead atoms. The first kappa shape index (κ1) is 14.3. The molecule has 0 aromatic carbocycles. The van der Waals surface area contributed by atoms with Gasteiger partial charge in [0, 0.05) is 17.3 Å². The summed E-state index contributed by atoms with van der Waals surface area (Å²) < 4.78 is 5.20. The Morgan fingerprint density at radius 3 is 2.95 bits per heavy atom. The minimum absolute atomic E-state index is 0.104. The van der Waals surface area contributed by atoms with Gasteiger partial charge in [0.1, 0.15) is 10.6 Å². The van der Waals surface area contributed by atoms with Crippen molar-refractivity contribution in [3.05, 3.63) is 15.8 Å². The summed E-state index contributed by atoms with van der Waals surface area (Å²) in [7, 11) is 1.57. The molecule has 1 fully saturated rings. The minimum Gasteiger partial charge on any atom is -0.495 e. The minimum atomic E-state index is -0.277. The Balaban J connectivity index is 1.93. The molecule has 19 heavy (non-hydrogen) atoms. The number of carbonyl (C=O) groups is 1. The Kier molecular flexibility index (Phi) is 4.82. The zero-order chi connectivity index (χ0) is 13.8. The molecule has 1 aromatic rings. The van der Waals surface area contributed by atoms with Crippen molar-refractivity contribution in [3.8, 4) is 5.75 Å². The van der Waals surface area contributed by atoms with E-state index in [2.05, 4.69) is 5.32 Å². The van der Waals surface area contributed by atoms with Crippen LogP contribution in [0.5, 0.6) is 5.75 Å². The highest BCUT2D eigenvalue weighted by Crippen LogP contribution is 2.29. The van der Waals surface area contributed by atoms with Crippen LogP contribution >= 0.6 is 11.3 Å². The molecule has 2 unspecified atom stereocenters. The van der Waals surface area contributed by atoms with E-state index < -0.39 is 0 Å². The maximum atomic E-state index is 12.1. The normalized spacial score (nSPS) is 23.1. The van der Waals surface area contributed by atoms with E-state index in [0.29, 0.717) is 17.2 Å². The number of aliphatic hydroxyl groups excluding tert-OH is 1. The fourth-order valence-corrected chi connectivity index (χ4v) is 3.43. The Hall–Kier alpha value is -1.07. The lowest BCUT2D eigenvalue weighted by Crippen LogP contribution is -2.36. The topological polar surface area (TPSA) is 58.6 Å². The second-order valence-electron chi connectivity index (χ2n) is 5.08. The number of hydrogen-bond donors (Lipinski definition) is 2. The Morgan fingerprint density at radius 2 is 2.26 bits per heavy atom. The molecule has 2 atom stereocenters. The number of amides is 1. The summed E-state index contributed by atoms with van der Waals surface area (Å²) in [4.78, 5) is 13.8. The van der Waals surface area contributed by atoms with Crippen molar-refractivity contribution in [1.29, 1.82) is 0 Å². The van der Waals surface area contributed by atoms with Gasteiger partial charge in [0.05, 0.1) is 13.2 Å². The fraction of sp³-hybridized carbons (Fsp3) is 0.643. The summed E-state index contributed by atoms with van der Waals surface area (Å²) in [6, 6.07) is 1.87. The summed E-state index contributed by atoms with van der Waals surface area (Å²) in [5.41, 5.74) is 0. The molecule has 0 spiro atoms. The number of carbonyl (C=O) groups excluding carboxylic acids is 1. The zero-order valence-corrected chi connectivity index (χ0v) is 12.3. The van der Waals surface area contributed by atoms with Crippen molar-refractivity contribution >= 4 is 17.2 Å². The molecule has 0 saturated heterocycles. The van der Waals surface area contributed by atoms with Crippen LogP contribution in [0.1, 0.15) is 40.2 Å². The highest BCUT2D eigenvalue weighted by Gasteiger charge is 2.24. The van der Waals surface area contributed by atoms with Crippen molar-refractivity contribution in [2.45, 2.75) is 38.7 Å². The molecular formula is C14H21NO3S. The molecule has 1 saturated carbocycles. The summed E-state index contributed by atoms with van der Waals surface area (Å²) >= 11 is 1.43. The number of methoxy groups -OCH3 is 1. The highest BCUT2D eigenvalue weighted by atomic mass is 32.1. The van der Waals surface area contributed by atoms with Gasteiger partial charge in [-0.3, -0.25) is 4.79 Å². The van der Waals surface area contributed by atoms with Crippen LogP contribution in [0.4, 0.5) is 0 Å². The van der Waals surface area contributed by atoms with E-state index in [4.69, 9.17) is 4.74 Å². The van der Waals surface area contributed by atoms with Gasteiger partial charge < -0.3 is 15.2 Å². The second-order valence-corrected chi connectivity index (χ2v) is 6.33. The molecule has 1 heterocycles. The molecule has 1 aliphatic carbocycles. The van der Waals surface area contributed by atoms with Crippen LogP contribution in [0.3, 0.4) is 0 Å². The molecule has 4 nitrogen and oxygen atoms in total. The van der Waals surface area contributed by atoms with Crippen molar-refractivity contribution in [3.63, 3.8) is 0 Å². The number of aryl methyl sites for hydroxylation is 1. The fourth-order valence-electron chi connectivity index (χ4n) is 2.53. The van der Waals surface area contributed by atoms with Crippen LogP contribution in [0.25, 0.3) is 0 Å². The maximum absolute atomic E-state index is 12.1. The molecular weight excluding hydrogens is 262 g/mol. The molecule has 106 valence electrons. The van der Waals surface area contributed by atoms with Gasteiger partial charge >= 0.3 is 0 Å². The number of thiophene rings is 1. The third-order valence-electron chi connectivity index (χ3n) is 3.64. The predicted molar refractivity (Wildman–Crippen MR) is 75.9 cm³/mol. The van der Waals surface area contributed by atoms with E-state index in [-0.39, 0.29) is 17.9 Å². The Bertz CT molecular complexity index is 444. The average Bonchev–Trinajstić information content (AvgIpc) is 2.79. The SMILES string of the molecule is COc1cc(C)sc1C(=O)NCC1CCCCC1O. The van der Waals surface area contributed by atoms with Gasteiger partial charge in [-0.25, -0.2) is 0 Å². The van der Waals surface area contributed by atoms with Gasteiger partial charge in [-0.2, -0.15) is 0 Å². The van der Waals surface area contributed by atoms with E-state index in [9.17, 15) is 9.90 Å². The van der Waals surface area contributed by atoms with Crippen LogP contribution in [0, 0.1) is 12.8 Å². The first-order valence-corrected chi connectivity index (χ1v) is 7.54. The third-order valence-corrected chi connectivity index (χ3v) is 4.67. The monoisotopic (exact) mass is 283 g/mol. The van der Waals surface area contributed by atoms with Crippen molar-refractivity contribution < 1.29 is 14.6 Å². The smallest absolute Gasteiger partial charge is 0.265 e. The lowest BCUT2D eigenvalue weighted by atomic mass is 9.86. The average molecular weight is 283 g/mol. The van der Waals surface area contributed by atoms with Crippen LogP contribution < -0.4 is 10.1 Å². The zero-order valence-electron chi connectivity index (χ0n) is 11.4. The summed E-state index contributed by atoms with van der Waals surface area (Å²) in [5.74, 6) is 0.710. The lowest BCUT2D eigenvalue weighted by molar-refractivity contribution is 0.0663. The lowest BCUT2D eigenvalue weighted by Gasteiger charge is -2.27. The van der Waals surface area contributed by atoms with Gasteiger partial charge in [-0.15, -0.1) is 11.3 Å². The number of ether oxygens (including phenoxy) is 1. The summed E-state index contributed by atoms with van der Waals surface area (Å²) in [6.45, 7) is 2.49. The van der Waals surface area contributed by atoms with Gasteiger partial charge in [0.2, 0.25) is 0 Å². The molecule has 5 heteroatoms. The van der Waals surface area contributed by atoms with Crippen LogP contribution in [-0.4, -0.2) is 30.8 Å². The third kappa shape index (κ3) is 3.48. The van der Waals surface area contributed by atoms with Crippen LogP contribution in [0.15, 0.2) is 6.07 Å². The van der Waals surface area contributed by atoms with E-state index in [0.717, 1.165) is 30.6 Å². The molecule has 0 radical (unpaired) electrons. The molecule has 0 aliphatic heterocycles. The Labute approximate surface area is 117 Å². The van der Waals surface area contributed by atoms with Crippen LogP contribution in [0.2, 0.25) is 0 Å². The quantitative estimate of drug-likeness (QED) is 0.891. The summed E-state index contributed by atoms with van der Waals surface area (Å²) in [6.07, 6.45) is 3.79. The van der Waals surface area contributed by atoms with Crippen LogP contribution in [-0.2, 0) is 0 Å². The van der Waals surface area contributed by atoms with E-state index in [1.165, 1.54) is 11.3 Å². The second kappa shape index (κ2) is 6.39. The van der Waals surface area contributed by atoms with E-state index in [1.54, 1.807) is 7.11 Å².